The van der Waals surface area contributed by atoms with Crippen molar-refractivity contribution in [2.24, 2.45) is 0 Å². The van der Waals surface area contributed by atoms with Crippen LogP contribution >= 0.6 is 0 Å². The van der Waals surface area contributed by atoms with Crippen molar-refractivity contribution in [1.29, 1.82) is 0 Å². The summed E-state index contributed by atoms with van der Waals surface area (Å²) in [6, 6.07) is 14.6. The van der Waals surface area contributed by atoms with Gasteiger partial charge in [0.25, 0.3) is 0 Å². The quantitative estimate of drug-likeness (QED) is 0.707. The summed E-state index contributed by atoms with van der Waals surface area (Å²) < 4.78 is 27.3. The van der Waals surface area contributed by atoms with E-state index < -0.39 is 16.1 Å². The number of sulfonamides is 1. The second-order valence-electron chi connectivity index (χ2n) is 5.40. The Labute approximate surface area is 141 Å². The summed E-state index contributed by atoms with van der Waals surface area (Å²) in [5, 5.41) is 12.0. The van der Waals surface area contributed by atoms with E-state index in [0.717, 1.165) is 5.56 Å². The zero-order valence-corrected chi connectivity index (χ0v) is 14.1. The number of benzene rings is 2. The predicted octanol–water partition coefficient (Wildman–Crippen LogP) is 1.53. The van der Waals surface area contributed by atoms with Crippen LogP contribution in [0, 0.1) is 0 Å². The third kappa shape index (κ3) is 5.16. The normalized spacial score (nSPS) is 12.6. The van der Waals surface area contributed by atoms with E-state index >= 15 is 0 Å². The maximum absolute atomic E-state index is 12.4. The van der Waals surface area contributed by atoms with Crippen LogP contribution in [0.4, 0.5) is 5.69 Å². The lowest BCUT2D eigenvalue weighted by molar-refractivity contribution is -0.114. The molecule has 0 radical (unpaired) electrons. The standard InChI is InChI=1S/C17H20N2O4S/c1-13(21)18-15-7-9-17(10-8-15)24(22,23)19-16(12-20)11-14-5-3-2-4-6-14/h2-10,16,19-20H,11-12H2,1H3,(H,18,21)/t16-/m0/s1. The molecule has 0 aliphatic heterocycles. The second-order valence-corrected chi connectivity index (χ2v) is 7.11. The highest BCUT2D eigenvalue weighted by Gasteiger charge is 2.20. The molecular weight excluding hydrogens is 328 g/mol. The van der Waals surface area contributed by atoms with Crippen LogP contribution in [0.3, 0.4) is 0 Å². The van der Waals surface area contributed by atoms with Gasteiger partial charge in [0.15, 0.2) is 0 Å². The second kappa shape index (κ2) is 8.05. The lowest BCUT2D eigenvalue weighted by Gasteiger charge is -2.17. The predicted molar refractivity (Wildman–Crippen MR) is 92.1 cm³/mol. The summed E-state index contributed by atoms with van der Waals surface area (Å²) in [4.78, 5) is 11.1. The molecule has 0 saturated heterocycles. The first-order valence-corrected chi connectivity index (χ1v) is 8.94. The molecule has 0 bridgehead atoms. The first-order valence-electron chi connectivity index (χ1n) is 7.45. The van der Waals surface area contributed by atoms with Gasteiger partial charge in [0.2, 0.25) is 15.9 Å². The largest absolute Gasteiger partial charge is 0.395 e. The number of aliphatic hydroxyl groups is 1. The molecule has 3 N–H and O–H groups in total. The minimum absolute atomic E-state index is 0.0723. The monoisotopic (exact) mass is 348 g/mol. The summed E-state index contributed by atoms with van der Waals surface area (Å²) in [5.74, 6) is -0.230. The van der Waals surface area contributed by atoms with Crippen molar-refractivity contribution in [3.8, 4) is 0 Å². The number of carbonyl (C=O) groups is 1. The minimum Gasteiger partial charge on any atom is -0.395 e. The summed E-state index contributed by atoms with van der Waals surface area (Å²) >= 11 is 0. The topological polar surface area (TPSA) is 95.5 Å². The molecule has 0 aliphatic carbocycles. The maximum Gasteiger partial charge on any atom is 0.240 e. The smallest absolute Gasteiger partial charge is 0.240 e. The van der Waals surface area contributed by atoms with Gasteiger partial charge >= 0.3 is 0 Å². The van der Waals surface area contributed by atoms with Gasteiger partial charge in [-0.3, -0.25) is 4.79 Å². The molecule has 1 amide bonds. The van der Waals surface area contributed by atoms with Crippen LogP contribution in [-0.2, 0) is 21.2 Å². The number of rotatable bonds is 7. The Morgan fingerprint density at radius 1 is 1.08 bits per heavy atom. The summed E-state index contributed by atoms with van der Waals surface area (Å²) in [7, 11) is -3.76. The highest BCUT2D eigenvalue weighted by molar-refractivity contribution is 7.89. The molecule has 0 unspecified atom stereocenters. The van der Waals surface area contributed by atoms with Crippen LogP contribution in [0.25, 0.3) is 0 Å². The van der Waals surface area contributed by atoms with E-state index in [-0.39, 0.29) is 17.4 Å². The highest BCUT2D eigenvalue weighted by Crippen LogP contribution is 2.15. The summed E-state index contributed by atoms with van der Waals surface area (Å²) in [6.45, 7) is 1.07. The van der Waals surface area contributed by atoms with E-state index in [1.807, 2.05) is 30.3 Å². The van der Waals surface area contributed by atoms with Crippen LogP contribution in [0.2, 0.25) is 0 Å². The van der Waals surface area contributed by atoms with Crippen LogP contribution in [0.1, 0.15) is 12.5 Å². The molecule has 2 rings (SSSR count). The fourth-order valence-corrected chi connectivity index (χ4v) is 3.48. The average Bonchev–Trinajstić information content (AvgIpc) is 2.55. The van der Waals surface area contributed by atoms with Gasteiger partial charge in [-0.05, 0) is 36.2 Å². The molecule has 0 aromatic heterocycles. The van der Waals surface area contributed by atoms with Crippen molar-refractivity contribution in [3.63, 3.8) is 0 Å². The van der Waals surface area contributed by atoms with Crippen molar-refractivity contribution in [1.82, 2.24) is 4.72 Å². The average molecular weight is 348 g/mol. The number of amides is 1. The van der Waals surface area contributed by atoms with E-state index in [1.54, 1.807) is 0 Å². The first-order chi connectivity index (χ1) is 11.4. The molecular formula is C17H20N2O4S. The van der Waals surface area contributed by atoms with Crippen molar-refractivity contribution < 1.29 is 18.3 Å². The molecule has 0 spiro atoms. The Morgan fingerprint density at radius 3 is 2.25 bits per heavy atom. The van der Waals surface area contributed by atoms with Gasteiger partial charge < -0.3 is 10.4 Å². The van der Waals surface area contributed by atoms with E-state index in [4.69, 9.17) is 0 Å². The van der Waals surface area contributed by atoms with E-state index in [2.05, 4.69) is 10.0 Å². The Hall–Kier alpha value is -2.22. The van der Waals surface area contributed by atoms with E-state index in [0.29, 0.717) is 12.1 Å². The van der Waals surface area contributed by atoms with Crippen LogP contribution in [0.15, 0.2) is 59.5 Å². The Bertz CT molecular complexity index is 774. The van der Waals surface area contributed by atoms with Crippen molar-refractivity contribution in [3.05, 3.63) is 60.2 Å². The molecule has 2 aromatic carbocycles. The maximum atomic E-state index is 12.4. The van der Waals surface area contributed by atoms with Gasteiger partial charge in [0.1, 0.15) is 0 Å². The molecule has 7 heteroatoms. The third-order valence-corrected chi connectivity index (χ3v) is 4.89. The van der Waals surface area contributed by atoms with Crippen LogP contribution in [-0.4, -0.2) is 32.1 Å². The summed E-state index contributed by atoms with van der Waals surface area (Å²) in [5.41, 5.74) is 1.45. The number of aliphatic hydroxyl groups excluding tert-OH is 1. The molecule has 0 fully saturated rings. The zero-order valence-electron chi connectivity index (χ0n) is 13.3. The molecule has 0 saturated carbocycles. The molecule has 0 aliphatic rings. The fourth-order valence-electron chi connectivity index (χ4n) is 2.25. The van der Waals surface area contributed by atoms with Gasteiger partial charge in [0.05, 0.1) is 11.5 Å². The Morgan fingerprint density at radius 2 is 1.71 bits per heavy atom. The highest BCUT2D eigenvalue weighted by atomic mass is 32.2. The van der Waals surface area contributed by atoms with E-state index in [9.17, 15) is 18.3 Å². The summed E-state index contributed by atoms with van der Waals surface area (Å²) in [6.07, 6.45) is 0.389. The van der Waals surface area contributed by atoms with E-state index in [1.165, 1.54) is 31.2 Å². The zero-order chi connectivity index (χ0) is 17.6. The van der Waals surface area contributed by atoms with Gasteiger partial charge in [-0.1, -0.05) is 30.3 Å². The molecule has 2 aromatic rings. The minimum atomic E-state index is -3.76. The van der Waals surface area contributed by atoms with Gasteiger partial charge in [-0.25, -0.2) is 13.1 Å². The van der Waals surface area contributed by atoms with Gasteiger partial charge in [-0.15, -0.1) is 0 Å². The molecule has 1 atom stereocenters. The van der Waals surface area contributed by atoms with Crippen molar-refractivity contribution in [2.45, 2.75) is 24.3 Å². The van der Waals surface area contributed by atoms with Gasteiger partial charge in [-0.2, -0.15) is 0 Å². The molecule has 6 nitrogen and oxygen atoms in total. The fraction of sp³-hybridized carbons (Fsp3) is 0.235. The van der Waals surface area contributed by atoms with Crippen LogP contribution in [0.5, 0.6) is 0 Å². The Kier molecular flexibility index (Phi) is 6.08. The van der Waals surface area contributed by atoms with Crippen LogP contribution < -0.4 is 10.0 Å². The lowest BCUT2D eigenvalue weighted by Crippen LogP contribution is -2.39. The SMILES string of the molecule is CC(=O)Nc1ccc(S(=O)(=O)N[C@H](CO)Cc2ccccc2)cc1. The molecule has 0 heterocycles. The van der Waals surface area contributed by atoms with Crippen molar-refractivity contribution >= 4 is 21.6 Å². The third-order valence-electron chi connectivity index (χ3n) is 3.35. The van der Waals surface area contributed by atoms with Crippen molar-refractivity contribution in [2.75, 3.05) is 11.9 Å². The Balaban J connectivity index is 2.09. The number of hydrogen-bond donors (Lipinski definition) is 3. The number of hydrogen-bond acceptors (Lipinski definition) is 4. The lowest BCUT2D eigenvalue weighted by atomic mass is 10.1. The number of nitrogens with one attached hydrogen (secondary N) is 2. The van der Waals surface area contributed by atoms with Gasteiger partial charge in [0, 0.05) is 18.7 Å². The molecule has 24 heavy (non-hydrogen) atoms. The molecule has 128 valence electrons. The number of anilines is 1. The first kappa shape index (κ1) is 18.1. The number of carbonyl (C=O) groups excluding carboxylic acids is 1.